The highest BCUT2D eigenvalue weighted by molar-refractivity contribution is 7.25. The molecule has 0 nitrogen and oxygen atoms in total. The minimum atomic E-state index is 1.25. The lowest BCUT2D eigenvalue weighted by molar-refractivity contribution is 1.62. The van der Waals surface area contributed by atoms with Crippen molar-refractivity contribution in [2.45, 2.75) is 0 Å². The van der Waals surface area contributed by atoms with Crippen molar-refractivity contribution in [2.75, 3.05) is 0 Å². The standard InChI is InChI=1S/C34H20S/c1-2-8-27-26(7-1)29-10-5-6-24-18-25(20-31(27)34(24)29)22-14-12-21(13-15-22)23-16-17-33-30(19-23)28-9-3-4-11-32(28)35-33/h1-20H. The molecule has 35 heavy (non-hydrogen) atoms. The summed E-state index contributed by atoms with van der Waals surface area (Å²) in [6.07, 6.45) is 0. The van der Waals surface area contributed by atoms with Crippen molar-refractivity contribution in [3.05, 3.63) is 121 Å². The van der Waals surface area contributed by atoms with Gasteiger partial charge in [-0.05, 0) is 85.6 Å². The van der Waals surface area contributed by atoms with E-state index in [1.54, 1.807) is 0 Å². The lowest BCUT2D eigenvalue weighted by Crippen LogP contribution is -1.83. The molecule has 1 aliphatic rings. The van der Waals surface area contributed by atoms with Crippen LogP contribution in [0.2, 0.25) is 0 Å². The summed E-state index contributed by atoms with van der Waals surface area (Å²) in [6.45, 7) is 0. The number of thiophene rings is 1. The van der Waals surface area contributed by atoms with Crippen LogP contribution in [-0.2, 0) is 0 Å². The predicted octanol–water partition coefficient (Wildman–Crippen LogP) is 10.2. The lowest BCUT2D eigenvalue weighted by Gasteiger charge is -2.09. The molecule has 1 heteroatoms. The summed E-state index contributed by atoms with van der Waals surface area (Å²) in [5.74, 6) is 0. The van der Waals surface area contributed by atoms with Crippen molar-refractivity contribution >= 4 is 42.3 Å². The van der Waals surface area contributed by atoms with E-state index in [-0.39, 0.29) is 0 Å². The van der Waals surface area contributed by atoms with E-state index >= 15 is 0 Å². The molecule has 7 aromatic rings. The maximum atomic E-state index is 2.37. The van der Waals surface area contributed by atoms with Gasteiger partial charge in [-0.2, -0.15) is 0 Å². The van der Waals surface area contributed by atoms with Crippen LogP contribution in [0.1, 0.15) is 0 Å². The summed E-state index contributed by atoms with van der Waals surface area (Å²) < 4.78 is 2.70. The monoisotopic (exact) mass is 460 g/mol. The first kappa shape index (κ1) is 19.1. The summed E-state index contributed by atoms with van der Waals surface area (Å²) in [6, 6.07) is 44.8. The van der Waals surface area contributed by atoms with Crippen molar-refractivity contribution in [2.24, 2.45) is 0 Å². The number of fused-ring (bicyclic) bond motifs is 6. The van der Waals surface area contributed by atoms with Crippen LogP contribution in [0.3, 0.4) is 0 Å². The maximum Gasteiger partial charge on any atom is 0.0355 e. The van der Waals surface area contributed by atoms with Crippen molar-refractivity contribution in [1.29, 1.82) is 0 Å². The highest BCUT2D eigenvalue weighted by Crippen LogP contribution is 2.48. The van der Waals surface area contributed by atoms with Crippen LogP contribution in [0.15, 0.2) is 121 Å². The fourth-order valence-corrected chi connectivity index (χ4v) is 6.83. The summed E-state index contributed by atoms with van der Waals surface area (Å²) >= 11 is 1.87. The Morgan fingerprint density at radius 1 is 0.371 bits per heavy atom. The van der Waals surface area contributed by atoms with Crippen LogP contribution in [-0.4, -0.2) is 0 Å². The summed E-state index contributed by atoms with van der Waals surface area (Å²) in [4.78, 5) is 0. The zero-order chi connectivity index (χ0) is 22.9. The topological polar surface area (TPSA) is 0 Å². The lowest BCUT2D eigenvalue weighted by atomic mass is 9.94. The van der Waals surface area contributed by atoms with Crippen molar-refractivity contribution in [3.8, 4) is 44.5 Å². The summed E-state index contributed by atoms with van der Waals surface area (Å²) in [5, 5.41) is 5.38. The van der Waals surface area contributed by atoms with Crippen LogP contribution in [0.4, 0.5) is 0 Å². The van der Waals surface area contributed by atoms with Gasteiger partial charge in [0.2, 0.25) is 0 Å². The van der Waals surface area contributed by atoms with E-state index in [4.69, 9.17) is 0 Å². The van der Waals surface area contributed by atoms with Gasteiger partial charge in [0.15, 0.2) is 0 Å². The van der Waals surface area contributed by atoms with Crippen LogP contribution in [0.25, 0.3) is 75.5 Å². The van der Waals surface area contributed by atoms with Crippen LogP contribution >= 0.6 is 11.3 Å². The normalized spacial score (nSPS) is 12.0. The molecule has 0 saturated heterocycles. The Morgan fingerprint density at radius 2 is 1.03 bits per heavy atom. The van der Waals surface area contributed by atoms with Gasteiger partial charge in [-0.3, -0.25) is 0 Å². The SMILES string of the molecule is c1ccc2c(c1)-c1cccc3cc(-c4ccc(-c5ccc6sc7ccccc7c6c5)cc4)cc-2c13. The molecule has 0 bridgehead atoms. The molecule has 0 atom stereocenters. The molecule has 1 aliphatic carbocycles. The molecular formula is C34H20S. The van der Waals surface area contributed by atoms with E-state index in [1.807, 2.05) is 11.3 Å². The molecule has 0 fully saturated rings. The number of hydrogen-bond acceptors (Lipinski definition) is 1. The van der Waals surface area contributed by atoms with Gasteiger partial charge in [-0.1, -0.05) is 91.0 Å². The van der Waals surface area contributed by atoms with Crippen molar-refractivity contribution < 1.29 is 0 Å². The van der Waals surface area contributed by atoms with E-state index in [1.165, 1.54) is 75.5 Å². The number of rotatable bonds is 2. The fourth-order valence-electron chi connectivity index (χ4n) is 5.75. The Morgan fingerprint density at radius 3 is 1.89 bits per heavy atom. The molecule has 0 saturated carbocycles. The molecule has 0 radical (unpaired) electrons. The first-order valence-electron chi connectivity index (χ1n) is 12.0. The van der Waals surface area contributed by atoms with E-state index in [2.05, 4.69) is 121 Å². The Labute approximate surface area is 207 Å². The predicted molar refractivity (Wildman–Crippen MR) is 152 cm³/mol. The number of benzene rings is 6. The maximum absolute atomic E-state index is 2.37. The van der Waals surface area contributed by atoms with Crippen LogP contribution in [0.5, 0.6) is 0 Å². The van der Waals surface area contributed by atoms with Crippen LogP contribution in [0, 0.1) is 0 Å². The van der Waals surface area contributed by atoms with E-state index in [9.17, 15) is 0 Å². The van der Waals surface area contributed by atoms with Gasteiger partial charge in [0, 0.05) is 20.2 Å². The molecule has 1 aromatic heterocycles. The van der Waals surface area contributed by atoms with E-state index in [0.717, 1.165) is 0 Å². The van der Waals surface area contributed by atoms with Crippen molar-refractivity contribution in [3.63, 3.8) is 0 Å². The van der Waals surface area contributed by atoms with Crippen LogP contribution < -0.4 is 0 Å². The third kappa shape index (κ3) is 2.79. The zero-order valence-electron chi connectivity index (χ0n) is 19.0. The second kappa shape index (κ2) is 7.15. The zero-order valence-corrected chi connectivity index (χ0v) is 19.8. The van der Waals surface area contributed by atoms with Gasteiger partial charge >= 0.3 is 0 Å². The third-order valence-corrected chi connectivity index (χ3v) is 8.56. The molecule has 0 N–H and O–H groups in total. The fraction of sp³-hybridized carbons (Fsp3) is 0. The van der Waals surface area contributed by atoms with E-state index in [0.29, 0.717) is 0 Å². The van der Waals surface area contributed by atoms with Gasteiger partial charge in [0.05, 0.1) is 0 Å². The van der Waals surface area contributed by atoms with Gasteiger partial charge in [0.1, 0.15) is 0 Å². The van der Waals surface area contributed by atoms with E-state index < -0.39 is 0 Å². The first-order valence-corrected chi connectivity index (χ1v) is 12.8. The minimum absolute atomic E-state index is 1.25. The molecule has 6 aromatic carbocycles. The Balaban J connectivity index is 1.23. The average Bonchev–Trinajstić information content (AvgIpc) is 3.45. The van der Waals surface area contributed by atoms with Gasteiger partial charge in [-0.25, -0.2) is 0 Å². The van der Waals surface area contributed by atoms with Crippen molar-refractivity contribution in [1.82, 2.24) is 0 Å². The quantitative estimate of drug-likeness (QED) is 0.241. The van der Waals surface area contributed by atoms with Gasteiger partial charge < -0.3 is 0 Å². The third-order valence-electron chi connectivity index (χ3n) is 7.41. The minimum Gasteiger partial charge on any atom is -0.135 e. The van der Waals surface area contributed by atoms with Gasteiger partial charge in [-0.15, -0.1) is 11.3 Å². The second-order valence-electron chi connectivity index (χ2n) is 9.36. The molecule has 162 valence electrons. The molecule has 0 unspecified atom stereocenters. The first-order chi connectivity index (χ1) is 17.3. The average molecular weight is 461 g/mol. The highest BCUT2D eigenvalue weighted by atomic mass is 32.1. The molecular weight excluding hydrogens is 440 g/mol. The molecule has 0 aliphatic heterocycles. The smallest absolute Gasteiger partial charge is 0.0355 e. The summed E-state index contributed by atoms with van der Waals surface area (Å²) in [5.41, 5.74) is 10.4. The Bertz CT molecular complexity index is 1940. The molecule has 1 heterocycles. The largest absolute Gasteiger partial charge is 0.135 e. The summed E-state index contributed by atoms with van der Waals surface area (Å²) in [7, 11) is 0. The number of hydrogen-bond donors (Lipinski definition) is 0. The second-order valence-corrected chi connectivity index (χ2v) is 10.4. The molecule has 0 amide bonds. The Kier molecular flexibility index (Phi) is 3.91. The molecule has 0 spiro atoms. The highest BCUT2D eigenvalue weighted by Gasteiger charge is 2.21. The molecule has 8 rings (SSSR count). The Hall–Kier alpha value is -4.20. The van der Waals surface area contributed by atoms with Gasteiger partial charge in [0.25, 0.3) is 0 Å².